The lowest BCUT2D eigenvalue weighted by molar-refractivity contribution is 0.221. The zero-order valence-corrected chi connectivity index (χ0v) is 16.4. The second kappa shape index (κ2) is 9.01. The van der Waals surface area contributed by atoms with Gasteiger partial charge in [-0.3, -0.25) is 4.98 Å². The molecule has 0 unspecified atom stereocenters. The quantitative estimate of drug-likeness (QED) is 0.649. The highest BCUT2D eigenvalue weighted by Crippen LogP contribution is 2.31. The second-order valence-electron chi connectivity index (χ2n) is 8.32. The average molecular weight is 370 g/mol. The van der Waals surface area contributed by atoms with Gasteiger partial charge in [-0.1, -0.05) is 19.3 Å². The van der Waals surface area contributed by atoms with E-state index < -0.39 is 0 Å². The van der Waals surface area contributed by atoms with Crippen molar-refractivity contribution in [1.29, 1.82) is 0 Å². The minimum atomic E-state index is -0.180. The number of hydrogen-bond acceptors (Lipinski definition) is 3. The van der Waals surface area contributed by atoms with Crippen molar-refractivity contribution in [2.24, 2.45) is 5.92 Å². The maximum Gasteiger partial charge on any atom is 0.124 e. The lowest BCUT2D eigenvalue weighted by Gasteiger charge is -2.34. The fourth-order valence-electron chi connectivity index (χ4n) is 4.79. The van der Waals surface area contributed by atoms with Crippen molar-refractivity contribution in [1.82, 2.24) is 9.88 Å². The highest BCUT2D eigenvalue weighted by atomic mass is 19.1. The maximum absolute atomic E-state index is 13.7. The van der Waals surface area contributed by atoms with Crippen LogP contribution in [0.3, 0.4) is 0 Å². The minimum Gasteiger partial charge on any atom is -0.371 e. The van der Waals surface area contributed by atoms with Crippen LogP contribution in [0.4, 0.5) is 10.1 Å². The van der Waals surface area contributed by atoms with Crippen molar-refractivity contribution in [3.8, 4) is 0 Å². The van der Waals surface area contributed by atoms with Gasteiger partial charge in [-0.15, -0.1) is 0 Å². The van der Waals surface area contributed by atoms with E-state index in [-0.39, 0.29) is 5.82 Å². The average Bonchev–Trinajstić information content (AvgIpc) is 2.72. The molecule has 0 bridgehead atoms. The molecule has 3 heterocycles. The maximum atomic E-state index is 13.7. The van der Waals surface area contributed by atoms with Crippen LogP contribution < -0.4 is 4.90 Å². The summed E-state index contributed by atoms with van der Waals surface area (Å²) < 4.78 is 13.7. The van der Waals surface area contributed by atoms with Crippen molar-refractivity contribution in [2.45, 2.75) is 51.4 Å². The smallest absolute Gasteiger partial charge is 0.124 e. The van der Waals surface area contributed by atoms with Gasteiger partial charge in [0.05, 0.1) is 5.52 Å². The summed E-state index contributed by atoms with van der Waals surface area (Å²) in [5.41, 5.74) is 2.02. The van der Waals surface area contributed by atoms with E-state index in [1.165, 1.54) is 77.1 Å². The van der Waals surface area contributed by atoms with E-state index in [9.17, 15) is 4.39 Å². The first-order chi connectivity index (χ1) is 13.3. The largest absolute Gasteiger partial charge is 0.371 e. The summed E-state index contributed by atoms with van der Waals surface area (Å²) in [4.78, 5) is 9.46. The first-order valence-corrected chi connectivity index (χ1v) is 10.8. The zero-order valence-electron chi connectivity index (χ0n) is 16.4. The molecule has 3 nitrogen and oxygen atoms in total. The predicted molar refractivity (Wildman–Crippen MR) is 111 cm³/mol. The molecule has 2 aromatic rings. The Kier molecular flexibility index (Phi) is 6.23. The molecule has 0 spiro atoms. The number of aromatic nitrogens is 1. The summed E-state index contributed by atoms with van der Waals surface area (Å²) in [6.07, 6.45) is 12.7. The van der Waals surface area contributed by atoms with Crippen molar-refractivity contribution >= 4 is 16.6 Å². The van der Waals surface area contributed by atoms with E-state index in [1.807, 2.05) is 12.3 Å². The Hall–Kier alpha value is -1.68. The van der Waals surface area contributed by atoms with Gasteiger partial charge in [0.1, 0.15) is 5.82 Å². The van der Waals surface area contributed by atoms with Crippen LogP contribution in [0.5, 0.6) is 0 Å². The van der Waals surface area contributed by atoms with E-state index in [1.54, 1.807) is 12.1 Å². The molecule has 1 aromatic heterocycles. The van der Waals surface area contributed by atoms with Crippen LogP contribution in [-0.2, 0) is 0 Å². The lowest BCUT2D eigenvalue weighted by atomic mass is 9.91. The number of piperidine rings is 2. The number of fused-ring (bicyclic) bond motifs is 1. The zero-order chi connectivity index (χ0) is 18.5. The van der Waals surface area contributed by atoms with Gasteiger partial charge in [-0.05, 0) is 81.9 Å². The number of anilines is 1. The van der Waals surface area contributed by atoms with E-state index >= 15 is 0 Å². The Labute approximate surface area is 162 Å². The molecule has 0 radical (unpaired) electrons. The second-order valence-corrected chi connectivity index (χ2v) is 8.32. The van der Waals surface area contributed by atoms with E-state index in [0.29, 0.717) is 0 Å². The molecule has 0 amide bonds. The van der Waals surface area contributed by atoms with Crippen LogP contribution in [0.15, 0.2) is 30.5 Å². The van der Waals surface area contributed by atoms with E-state index in [0.717, 1.165) is 35.6 Å². The van der Waals surface area contributed by atoms with Crippen LogP contribution in [-0.4, -0.2) is 42.6 Å². The fraction of sp³-hybridized carbons (Fsp3) is 0.609. The standard InChI is InChI=1S/C23H32FN3/c24-20-7-8-22-21(18-20)23(9-12-25-22)27-16-10-19(11-17-27)6-2-5-15-26-13-3-1-4-14-26/h7-9,12,18-19H,1-6,10-11,13-17H2. The Balaban J connectivity index is 1.25. The Morgan fingerprint density at radius 3 is 2.59 bits per heavy atom. The van der Waals surface area contributed by atoms with Crippen LogP contribution >= 0.6 is 0 Å². The molecule has 2 saturated heterocycles. The molecule has 4 heteroatoms. The SMILES string of the molecule is Fc1ccc2nccc(N3CCC(CCCCN4CCCCC4)CC3)c2c1. The molecule has 27 heavy (non-hydrogen) atoms. The molecule has 0 aliphatic carbocycles. The summed E-state index contributed by atoms with van der Waals surface area (Å²) in [6, 6.07) is 6.95. The first-order valence-electron chi connectivity index (χ1n) is 10.8. The number of pyridine rings is 1. The Morgan fingerprint density at radius 2 is 1.78 bits per heavy atom. The minimum absolute atomic E-state index is 0.180. The molecule has 146 valence electrons. The molecule has 4 rings (SSSR count). The Bertz CT molecular complexity index is 733. The van der Waals surface area contributed by atoms with Gasteiger partial charge in [0.15, 0.2) is 0 Å². The lowest BCUT2D eigenvalue weighted by Crippen LogP contribution is -2.34. The predicted octanol–water partition coefficient (Wildman–Crippen LogP) is 5.25. The van der Waals surface area contributed by atoms with Gasteiger partial charge in [-0.2, -0.15) is 0 Å². The van der Waals surface area contributed by atoms with Crippen LogP contribution in [0.2, 0.25) is 0 Å². The number of hydrogen-bond donors (Lipinski definition) is 0. The van der Waals surface area contributed by atoms with Crippen molar-refractivity contribution < 1.29 is 4.39 Å². The summed E-state index contributed by atoms with van der Waals surface area (Å²) >= 11 is 0. The highest BCUT2D eigenvalue weighted by Gasteiger charge is 2.21. The summed E-state index contributed by atoms with van der Waals surface area (Å²) in [6.45, 7) is 6.09. The summed E-state index contributed by atoms with van der Waals surface area (Å²) in [7, 11) is 0. The third-order valence-electron chi connectivity index (χ3n) is 6.42. The molecule has 0 saturated carbocycles. The van der Waals surface area contributed by atoms with Gasteiger partial charge in [0.2, 0.25) is 0 Å². The first kappa shape index (κ1) is 18.7. The number of benzene rings is 1. The van der Waals surface area contributed by atoms with Gasteiger partial charge >= 0.3 is 0 Å². The number of halogens is 1. The van der Waals surface area contributed by atoms with Gasteiger partial charge in [-0.25, -0.2) is 4.39 Å². The Morgan fingerprint density at radius 1 is 0.963 bits per heavy atom. The molecule has 2 fully saturated rings. The summed E-state index contributed by atoms with van der Waals surface area (Å²) in [5, 5.41) is 0.942. The monoisotopic (exact) mass is 369 g/mol. The van der Waals surface area contributed by atoms with Gasteiger partial charge < -0.3 is 9.80 Å². The van der Waals surface area contributed by atoms with E-state index in [4.69, 9.17) is 0 Å². The van der Waals surface area contributed by atoms with Gasteiger partial charge in [0, 0.05) is 30.4 Å². The van der Waals surface area contributed by atoms with Gasteiger partial charge in [0.25, 0.3) is 0 Å². The van der Waals surface area contributed by atoms with Crippen molar-refractivity contribution in [3.63, 3.8) is 0 Å². The number of unbranched alkanes of at least 4 members (excludes halogenated alkanes) is 1. The van der Waals surface area contributed by atoms with Crippen molar-refractivity contribution in [3.05, 3.63) is 36.3 Å². The third kappa shape index (κ3) is 4.78. The molecule has 0 N–H and O–H groups in total. The highest BCUT2D eigenvalue weighted by molar-refractivity contribution is 5.91. The van der Waals surface area contributed by atoms with Crippen molar-refractivity contribution in [2.75, 3.05) is 37.6 Å². The molecule has 2 aliphatic heterocycles. The molecular formula is C23H32FN3. The topological polar surface area (TPSA) is 19.4 Å². The summed E-state index contributed by atoms with van der Waals surface area (Å²) in [5.74, 6) is 0.674. The fourth-order valence-corrected chi connectivity index (χ4v) is 4.79. The number of rotatable bonds is 6. The normalized spacial score (nSPS) is 19.7. The van der Waals surface area contributed by atoms with Crippen LogP contribution in [0.1, 0.15) is 51.4 Å². The molecular weight excluding hydrogens is 337 g/mol. The number of likely N-dealkylation sites (tertiary alicyclic amines) is 1. The third-order valence-corrected chi connectivity index (χ3v) is 6.42. The molecule has 2 aliphatic rings. The molecule has 1 aromatic carbocycles. The van der Waals surface area contributed by atoms with Crippen LogP contribution in [0.25, 0.3) is 10.9 Å². The number of nitrogens with zero attached hydrogens (tertiary/aromatic N) is 3. The van der Waals surface area contributed by atoms with E-state index in [2.05, 4.69) is 14.8 Å². The van der Waals surface area contributed by atoms with Crippen LogP contribution in [0, 0.1) is 11.7 Å². The molecule has 0 atom stereocenters.